The maximum Gasteiger partial charge on any atom is 0.338 e. The van der Waals surface area contributed by atoms with Crippen LogP contribution in [0.3, 0.4) is 0 Å². The first-order valence-corrected chi connectivity index (χ1v) is 12.1. The third-order valence-corrected chi connectivity index (χ3v) is 6.21. The molecule has 0 aliphatic carbocycles. The zero-order valence-electron chi connectivity index (χ0n) is 19.6. The average molecular weight is 461 g/mol. The summed E-state index contributed by atoms with van der Waals surface area (Å²) in [6.45, 7) is 12.3. The number of amides is 1. The average Bonchev–Trinajstić information content (AvgIpc) is 3.01. The lowest BCUT2D eigenvalue weighted by Crippen LogP contribution is -2.40. The molecule has 0 radical (unpaired) electrons. The molecule has 32 heavy (non-hydrogen) atoms. The molecule has 2 unspecified atom stereocenters. The maximum absolute atomic E-state index is 13.1. The van der Waals surface area contributed by atoms with Crippen molar-refractivity contribution in [2.45, 2.75) is 71.8 Å². The highest BCUT2D eigenvalue weighted by atomic mass is 32.2. The van der Waals surface area contributed by atoms with E-state index in [2.05, 4.69) is 11.9 Å². The van der Waals surface area contributed by atoms with E-state index in [9.17, 15) is 9.59 Å². The fraction of sp³-hybridized carbons (Fsp3) is 0.542. The second kappa shape index (κ2) is 10.4. The minimum absolute atomic E-state index is 0.0812. The lowest BCUT2D eigenvalue weighted by molar-refractivity contribution is -0.143. The third-order valence-electron chi connectivity index (χ3n) is 5.16. The van der Waals surface area contributed by atoms with Gasteiger partial charge in [0.1, 0.15) is 0 Å². The first-order chi connectivity index (χ1) is 15.3. The van der Waals surface area contributed by atoms with Gasteiger partial charge in [-0.25, -0.2) is 9.79 Å². The van der Waals surface area contributed by atoms with Crippen molar-refractivity contribution in [3.05, 3.63) is 35.0 Å². The highest BCUT2D eigenvalue weighted by Gasteiger charge is 2.46. The van der Waals surface area contributed by atoms with Crippen molar-refractivity contribution in [3.8, 4) is 11.5 Å². The van der Waals surface area contributed by atoms with Crippen LogP contribution in [0.25, 0.3) is 0 Å². The van der Waals surface area contributed by atoms with Crippen molar-refractivity contribution in [3.63, 3.8) is 0 Å². The number of hydrogen-bond donors (Lipinski definition) is 0. The molecule has 2 heterocycles. The molecule has 0 spiro atoms. The number of nitrogens with zero attached hydrogens (tertiary/aromatic N) is 2. The molecule has 1 saturated heterocycles. The van der Waals surface area contributed by atoms with Crippen molar-refractivity contribution in [2.24, 2.45) is 4.99 Å². The van der Waals surface area contributed by atoms with Gasteiger partial charge in [0.2, 0.25) is 5.91 Å². The number of rotatable bonds is 9. The first kappa shape index (κ1) is 24.2. The van der Waals surface area contributed by atoms with Gasteiger partial charge in [-0.15, -0.1) is 0 Å². The van der Waals surface area contributed by atoms with Gasteiger partial charge in [-0.2, -0.15) is 0 Å². The SMILES string of the molecule is CCCCOc1ccc(C2C(C(=O)OC(C)C)=C(C)N=C3SC(C)C(=O)N32)cc1OCC. The number of hydrogen-bond acceptors (Lipinski definition) is 7. The van der Waals surface area contributed by atoms with Crippen LogP contribution in [0.4, 0.5) is 0 Å². The molecular weight excluding hydrogens is 428 g/mol. The molecule has 1 amide bonds. The van der Waals surface area contributed by atoms with Crippen molar-refractivity contribution in [1.82, 2.24) is 4.90 Å². The summed E-state index contributed by atoms with van der Waals surface area (Å²) in [5.41, 5.74) is 1.68. The number of esters is 1. The Balaban J connectivity index is 2.08. The number of benzene rings is 1. The van der Waals surface area contributed by atoms with Gasteiger partial charge in [-0.1, -0.05) is 31.2 Å². The lowest BCUT2D eigenvalue weighted by Gasteiger charge is -2.33. The number of allylic oxidation sites excluding steroid dienone is 1. The van der Waals surface area contributed by atoms with E-state index in [1.165, 1.54) is 11.8 Å². The molecule has 7 nitrogen and oxygen atoms in total. The number of carbonyl (C=O) groups is 2. The van der Waals surface area contributed by atoms with Crippen molar-refractivity contribution in [1.29, 1.82) is 0 Å². The van der Waals surface area contributed by atoms with Crippen LogP contribution in [0.15, 0.2) is 34.5 Å². The topological polar surface area (TPSA) is 77.4 Å². The molecule has 2 aliphatic rings. The van der Waals surface area contributed by atoms with E-state index in [0.717, 1.165) is 18.4 Å². The summed E-state index contributed by atoms with van der Waals surface area (Å²) in [4.78, 5) is 32.3. The minimum atomic E-state index is -0.636. The molecule has 2 atom stereocenters. The predicted octanol–water partition coefficient (Wildman–Crippen LogP) is 4.86. The monoisotopic (exact) mass is 460 g/mol. The fourth-order valence-corrected chi connectivity index (χ4v) is 4.69. The number of aliphatic imine (C=N–C) groups is 1. The maximum atomic E-state index is 13.1. The number of unbranched alkanes of at least 4 members (excludes halogenated alkanes) is 1. The summed E-state index contributed by atoms with van der Waals surface area (Å²) in [5.74, 6) is 0.689. The molecule has 1 aromatic rings. The van der Waals surface area contributed by atoms with E-state index in [1.807, 2.05) is 32.0 Å². The van der Waals surface area contributed by atoms with Crippen LogP contribution >= 0.6 is 11.8 Å². The zero-order chi connectivity index (χ0) is 23.4. The van der Waals surface area contributed by atoms with Crippen LogP contribution < -0.4 is 9.47 Å². The van der Waals surface area contributed by atoms with Gasteiger partial charge in [-0.05, 0) is 58.7 Å². The van der Waals surface area contributed by atoms with Crippen LogP contribution in [-0.2, 0) is 14.3 Å². The number of ether oxygens (including phenoxy) is 3. The largest absolute Gasteiger partial charge is 0.490 e. The quantitative estimate of drug-likeness (QED) is 0.387. The molecule has 8 heteroatoms. The highest BCUT2D eigenvalue weighted by Crippen LogP contribution is 2.45. The second-order valence-corrected chi connectivity index (χ2v) is 9.37. The Hall–Kier alpha value is -2.48. The summed E-state index contributed by atoms with van der Waals surface area (Å²) >= 11 is 1.40. The van der Waals surface area contributed by atoms with Gasteiger partial charge >= 0.3 is 5.97 Å². The Morgan fingerprint density at radius 3 is 2.62 bits per heavy atom. The van der Waals surface area contributed by atoms with E-state index < -0.39 is 12.0 Å². The molecule has 0 aromatic heterocycles. The van der Waals surface area contributed by atoms with Gasteiger partial charge in [0.05, 0.1) is 41.9 Å². The highest BCUT2D eigenvalue weighted by molar-refractivity contribution is 8.15. The predicted molar refractivity (Wildman–Crippen MR) is 126 cm³/mol. The molecule has 0 saturated carbocycles. The Morgan fingerprint density at radius 2 is 1.97 bits per heavy atom. The smallest absolute Gasteiger partial charge is 0.338 e. The summed E-state index contributed by atoms with van der Waals surface area (Å²) in [6, 6.07) is 4.95. The van der Waals surface area contributed by atoms with Gasteiger partial charge in [0, 0.05) is 0 Å². The van der Waals surface area contributed by atoms with Gasteiger partial charge < -0.3 is 14.2 Å². The summed E-state index contributed by atoms with van der Waals surface area (Å²) in [5, 5.41) is 0.333. The van der Waals surface area contributed by atoms with E-state index in [-0.39, 0.29) is 17.3 Å². The number of thioether (sulfide) groups is 1. The zero-order valence-corrected chi connectivity index (χ0v) is 20.5. The first-order valence-electron chi connectivity index (χ1n) is 11.2. The van der Waals surface area contributed by atoms with Gasteiger partial charge in [0.25, 0.3) is 0 Å². The molecule has 3 rings (SSSR count). The normalized spacial score (nSPS) is 20.4. The third kappa shape index (κ3) is 4.95. The van der Waals surface area contributed by atoms with Crippen molar-refractivity contribution in [2.75, 3.05) is 13.2 Å². The molecule has 0 N–H and O–H groups in total. The summed E-state index contributed by atoms with van der Waals surface area (Å²) in [7, 11) is 0. The van der Waals surface area contributed by atoms with Crippen LogP contribution in [0.5, 0.6) is 11.5 Å². The number of fused-ring (bicyclic) bond motifs is 1. The van der Waals surface area contributed by atoms with Crippen LogP contribution in [0.1, 0.15) is 66.0 Å². The Bertz CT molecular complexity index is 940. The van der Waals surface area contributed by atoms with Crippen molar-refractivity contribution < 1.29 is 23.8 Å². The van der Waals surface area contributed by atoms with E-state index in [0.29, 0.717) is 41.2 Å². The summed E-state index contributed by atoms with van der Waals surface area (Å²) in [6.07, 6.45) is 1.69. The van der Waals surface area contributed by atoms with Crippen molar-refractivity contribution >= 4 is 28.8 Å². The number of carbonyl (C=O) groups excluding carboxylic acids is 2. The molecule has 1 aromatic carbocycles. The van der Waals surface area contributed by atoms with E-state index >= 15 is 0 Å². The van der Waals surface area contributed by atoms with Crippen LogP contribution in [0.2, 0.25) is 0 Å². The Labute approximate surface area is 194 Å². The Kier molecular flexibility index (Phi) is 7.87. The molecule has 0 bridgehead atoms. The van der Waals surface area contributed by atoms with Crippen LogP contribution in [-0.4, -0.2) is 46.5 Å². The minimum Gasteiger partial charge on any atom is -0.490 e. The number of amidine groups is 1. The van der Waals surface area contributed by atoms with Crippen LogP contribution in [0, 0.1) is 0 Å². The second-order valence-electron chi connectivity index (χ2n) is 8.06. The fourth-order valence-electron chi connectivity index (χ4n) is 3.67. The molecule has 174 valence electrons. The molecule has 2 aliphatic heterocycles. The lowest BCUT2D eigenvalue weighted by atomic mass is 9.94. The van der Waals surface area contributed by atoms with E-state index in [4.69, 9.17) is 14.2 Å². The standard InChI is InChI=1S/C24H32N2O5S/c1-7-9-12-30-18-11-10-17(13-19(18)29-8-2)21-20(23(28)31-14(3)4)15(5)25-24-26(21)22(27)16(6)32-24/h10-11,13-14,16,21H,7-9,12H2,1-6H3. The molecular formula is C24H32N2O5S. The van der Waals surface area contributed by atoms with E-state index in [1.54, 1.807) is 25.7 Å². The van der Waals surface area contributed by atoms with Gasteiger partial charge in [-0.3, -0.25) is 9.69 Å². The molecule has 1 fully saturated rings. The Morgan fingerprint density at radius 1 is 1.22 bits per heavy atom. The summed E-state index contributed by atoms with van der Waals surface area (Å²) < 4.78 is 17.3. The van der Waals surface area contributed by atoms with Gasteiger partial charge in [0.15, 0.2) is 16.7 Å².